The van der Waals surface area contributed by atoms with Gasteiger partial charge in [-0.2, -0.15) is 10.2 Å². The highest BCUT2D eigenvalue weighted by molar-refractivity contribution is 5.93. The van der Waals surface area contributed by atoms with Gasteiger partial charge in [0, 0.05) is 37.3 Å². The quantitative estimate of drug-likeness (QED) is 0.571. The lowest BCUT2D eigenvalue weighted by Crippen LogP contribution is -2.36. The molecule has 0 bridgehead atoms. The van der Waals surface area contributed by atoms with Gasteiger partial charge in [0.1, 0.15) is 11.5 Å². The number of hydrogen-bond donors (Lipinski definition) is 2. The van der Waals surface area contributed by atoms with Crippen LogP contribution in [0.3, 0.4) is 0 Å². The molecule has 0 saturated carbocycles. The number of nitrogens with one attached hydrogen (secondary N) is 1. The average Bonchev–Trinajstić information content (AvgIpc) is 3.34. The molecular formula is C20H21N7O. The first-order valence-electron chi connectivity index (χ1n) is 9.41. The highest BCUT2D eigenvalue weighted by Gasteiger charge is 2.19. The maximum atomic E-state index is 9.75. The zero-order chi connectivity index (χ0) is 19.1. The third kappa shape index (κ3) is 3.01. The van der Waals surface area contributed by atoms with E-state index in [4.69, 9.17) is 4.98 Å². The van der Waals surface area contributed by atoms with Crippen molar-refractivity contribution in [3.63, 3.8) is 0 Å². The molecule has 1 aliphatic rings. The van der Waals surface area contributed by atoms with Gasteiger partial charge in [-0.25, -0.2) is 4.98 Å². The van der Waals surface area contributed by atoms with Gasteiger partial charge in [0.2, 0.25) is 0 Å². The Morgan fingerprint density at radius 1 is 1.14 bits per heavy atom. The summed E-state index contributed by atoms with van der Waals surface area (Å²) in [6.45, 7) is 1.63. The Morgan fingerprint density at radius 3 is 2.79 bits per heavy atom. The normalized spacial score (nSPS) is 15.4. The molecule has 142 valence electrons. The molecule has 0 aromatic carbocycles. The Balaban J connectivity index is 1.53. The molecule has 1 aliphatic heterocycles. The van der Waals surface area contributed by atoms with E-state index in [1.807, 2.05) is 37.5 Å². The van der Waals surface area contributed by atoms with E-state index in [1.54, 1.807) is 17.1 Å². The van der Waals surface area contributed by atoms with Crippen molar-refractivity contribution >= 4 is 16.7 Å². The van der Waals surface area contributed by atoms with Crippen LogP contribution < -0.4 is 4.90 Å². The summed E-state index contributed by atoms with van der Waals surface area (Å²) in [6.07, 6.45) is 6.89. The smallest absolute Gasteiger partial charge is 0.129 e. The molecule has 1 fully saturated rings. The summed E-state index contributed by atoms with van der Waals surface area (Å²) in [5.41, 5.74) is 4.31. The van der Waals surface area contributed by atoms with Crippen molar-refractivity contribution in [3.05, 3.63) is 42.9 Å². The molecule has 0 amide bonds. The van der Waals surface area contributed by atoms with Crippen LogP contribution in [0, 0.1) is 0 Å². The highest BCUT2D eigenvalue weighted by Crippen LogP contribution is 2.29. The van der Waals surface area contributed by atoms with Crippen molar-refractivity contribution in [3.8, 4) is 22.6 Å². The fraction of sp³-hybridized carbons (Fsp3) is 0.300. The van der Waals surface area contributed by atoms with E-state index in [0.717, 1.165) is 65.3 Å². The molecule has 2 N–H and O–H groups in total. The number of aliphatic hydroxyl groups is 1. The number of nitrogens with zero attached hydrogens (tertiary/aromatic N) is 6. The van der Waals surface area contributed by atoms with Crippen LogP contribution in [0.15, 0.2) is 42.9 Å². The van der Waals surface area contributed by atoms with E-state index in [0.29, 0.717) is 0 Å². The maximum Gasteiger partial charge on any atom is 0.129 e. The molecule has 5 heterocycles. The van der Waals surface area contributed by atoms with E-state index < -0.39 is 0 Å². The van der Waals surface area contributed by atoms with E-state index in [2.05, 4.69) is 25.2 Å². The Kier molecular flexibility index (Phi) is 4.05. The number of piperidine rings is 1. The highest BCUT2D eigenvalue weighted by atomic mass is 16.3. The van der Waals surface area contributed by atoms with Crippen molar-refractivity contribution < 1.29 is 5.11 Å². The zero-order valence-corrected chi connectivity index (χ0v) is 15.6. The Labute approximate surface area is 161 Å². The van der Waals surface area contributed by atoms with Gasteiger partial charge in [0.05, 0.1) is 35.4 Å². The summed E-state index contributed by atoms with van der Waals surface area (Å²) in [7, 11) is 1.89. The van der Waals surface area contributed by atoms with Gasteiger partial charge in [-0.15, -0.1) is 0 Å². The minimum atomic E-state index is -0.201. The molecule has 0 atom stereocenters. The van der Waals surface area contributed by atoms with Gasteiger partial charge >= 0.3 is 0 Å². The molecule has 28 heavy (non-hydrogen) atoms. The van der Waals surface area contributed by atoms with E-state index >= 15 is 0 Å². The lowest BCUT2D eigenvalue weighted by molar-refractivity contribution is 0.145. The summed E-state index contributed by atoms with van der Waals surface area (Å²) in [5.74, 6) is 0.919. The van der Waals surface area contributed by atoms with Crippen LogP contribution >= 0.6 is 0 Å². The first-order chi connectivity index (χ1) is 13.7. The van der Waals surface area contributed by atoms with Crippen molar-refractivity contribution in [2.75, 3.05) is 18.0 Å². The van der Waals surface area contributed by atoms with Gasteiger partial charge in [-0.3, -0.25) is 14.8 Å². The third-order valence-corrected chi connectivity index (χ3v) is 5.21. The van der Waals surface area contributed by atoms with Crippen molar-refractivity contribution in [1.82, 2.24) is 29.9 Å². The molecule has 0 radical (unpaired) electrons. The van der Waals surface area contributed by atoms with Crippen LogP contribution in [0.4, 0.5) is 5.82 Å². The second kappa shape index (κ2) is 6.72. The van der Waals surface area contributed by atoms with E-state index in [-0.39, 0.29) is 6.10 Å². The Morgan fingerprint density at radius 2 is 2.00 bits per heavy atom. The van der Waals surface area contributed by atoms with Crippen LogP contribution in [0.5, 0.6) is 0 Å². The summed E-state index contributed by atoms with van der Waals surface area (Å²) in [6, 6.07) is 8.02. The minimum absolute atomic E-state index is 0.201. The molecule has 0 spiro atoms. The minimum Gasteiger partial charge on any atom is -0.393 e. The fourth-order valence-corrected chi connectivity index (χ4v) is 3.65. The molecule has 5 rings (SSSR count). The van der Waals surface area contributed by atoms with Gasteiger partial charge in [-0.05, 0) is 31.0 Å². The first-order valence-corrected chi connectivity index (χ1v) is 9.41. The maximum absolute atomic E-state index is 9.75. The van der Waals surface area contributed by atoms with Gasteiger partial charge in [0.15, 0.2) is 0 Å². The predicted molar refractivity (Wildman–Crippen MR) is 107 cm³/mol. The fourth-order valence-electron chi connectivity index (χ4n) is 3.65. The summed E-state index contributed by atoms with van der Waals surface area (Å²) < 4.78 is 1.76. The molecule has 1 saturated heterocycles. The van der Waals surface area contributed by atoms with Crippen LogP contribution in [0.1, 0.15) is 12.8 Å². The number of aryl methyl sites for hydroxylation is 1. The molecule has 0 aliphatic carbocycles. The lowest BCUT2D eigenvalue weighted by Gasteiger charge is -2.30. The van der Waals surface area contributed by atoms with E-state index in [1.165, 1.54) is 0 Å². The Hall–Kier alpha value is -3.26. The molecular weight excluding hydrogens is 354 g/mol. The van der Waals surface area contributed by atoms with Crippen molar-refractivity contribution in [2.45, 2.75) is 18.9 Å². The first kappa shape index (κ1) is 16.9. The second-order valence-corrected chi connectivity index (χ2v) is 7.19. The zero-order valence-electron chi connectivity index (χ0n) is 15.6. The standard InChI is InChI=1S/C20H21N7O/c1-26-12-13(10-22-26)17-9-15-18(11-21-17)24-25-20(15)16-3-2-4-19(23-16)27-7-5-14(28)6-8-27/h2-4,9-12,14,28H,5-8H2,1H3,(H,24,25). The topological polar surface area (TPSA) is 95.8 Å². The van der Waals surface area contributed by atoms with Gasteiger partial charge in [-0.1, -0.05) is 6.07 Å². The predicted octanol–water partition coefficient (Wildman–Crippen LogP) is 2.38. The number of H-pyrrole nitrogens is 1. The Bertz CT molecular complexity index is 1120. The SMILES string of the molecule is Cn1cc(-c2cc3c(-c4cccc(N5CCC(O)CC5)n4)n[nH]c3cn2)cn1. The van der Waals surface area contributed by atoms with Crippen molar-refractivity contribution in [2.24, 2.45) is 7.05 Å². The molecule has 4 aromatic rings. The second-order valence-electron chi connectivity index (χ2n) is 7.19. The van der Waals surface area contributed by atoms with Crippen LogP contribution in [0.2, 0.25) is 0 Å². The molecule has 8 heteroatoms. The van der Waals surface area contributed by atoms with Crippen molar-refractivity contribution in [1.29, 1.82) is 0 Å². The van der Waals surface area contributed by atoms with Gasteiger partial charge in [0.25, 0.3) is 0 Å². The van der Waals surface area contributed by atoms with Crippen LogP contribution in [0.25, 0.3) is 33.5 Å². The molecule has 8 nitrogen and oxygen atoms in total. The summed E-state index contributed by atoms with van der Waals surface area (Å²) in [5, 5.41) is 22.5. The van der Waals surface area contributed by atoms with Gasteiger partial charge < -0.3 is 10.0 Å². The number of hydrogen-bond acceptors (Lipinski definition) is 6. The summed E-state index contributed by atoms with van der Waals surface area (Å²) in [4.78, 5) is 11.6. The number of aromatic nitrogens is 6. The number of anilines is 1. The number of pyridine rings is 2. The largest absolute Gasteiger partial charge is 0.393 e. The summed E-state index contributed by atoms with van der Waals surface area (Å²) >= 11 is 0. The monoisotopic (exact) mass is 375 g/mol. The van der Waals surface area contributed by atoms with Crippen LogP contribution in [-0.2, 0) is 7.05 Å². The molecule has 0 unspecified atom stereocenters. The van der Waals surface area contributed by atoms with E-state index in [9.17, 15) is 5.11 Å². The number of fused-ring (bicyclic) bond motifs is 1. The lowest BCUT2D eigenvalue weighted by atomic mass is 10.1. The average molecular weight is 375 g/mol. The molecule has 4 aromatic heterocycles. The third-order valence-electron chi connectivity index (χ3n) is 5.21. The van der Waals surface area contributed by atoms with Crippen LogP contribution in [-0.4, -0.2) is 54.2 Å². The number of aromatic amines is 1. The number of rotatable bonds is 3. The number of aliphatic hydroxyl groups excluding tert-OH is 1.